The summed E-state index contributed by atoms with van der Waals surface area (Å²) in [4.78, 5) is 17.3. The van der Waals surface area contributed by atoms with Crippen molar-refractivity contribution in [1.29, 1.82) is 0 Å². The van der Waals surface area contributed by atoms with E-state index in [0.717, 1.165) is 37.3 Å². The van der Waals surface area contributed by atoms with Gasteiger partial charge in [-0.2, -0.15) is 0 Å². The van der Waals surface area contributed by atoms with Crippen molar-refractivity contribution >= 4 is 5.78 Å². The van der Waals surface area contributed by atoms with Crippen LogP contribution in [0.25, 0.3) is 0 Å². The predicted molar refractivity (Wildman–Crippen MR) is 88.2 cm³/mol. The molecule has 0 bridgehead atoms. The third kappa shape index (κ3) is 4.14. The van der Waals surface area contributed by atoms with E-state index in [2.05, 4.69) is 42.7 Å². The molecule has 0 atom stereocenters. The van der Waals surface area contributed by atoms with Gasteiger partial charge in [-0.25, -0.2) is 0 Å². The van der Waals surface area contributed by atoms with Gasteiger partial charge in [0.25, 0.3) is 0 Å². The molecule has 0 saturated carbocycles. The lowest BCUT2D eigenvalue weighted by atomic mass is 9.98. The van der Waals surface area contributed by atoms with Crippen LogP contribution in [0.3, 0.4) is 0 Å². The largest absolute Gasteiger partial charge is 0.301 e. The molecular formula is C18H28N2O. The Bertz CT molecular complexity index is 502. The maximum Gasteiger partial charge on any atom is 0.177 e. The molecule has 0 aromatic heterocycles. The van der Waals surface area contributed by atoms with E-state index in [1.54, 1.807) is 0 Å². The van der Waals surface area contributed by atoms with Crippen molar-refractivity contribution in [2.75, 3.05) is 39.3 Å². The number of hydrogen-bond donors (Lipinski definition) is 0. The first-order valence-electron chi connectivity index (χ1n) is 8.07. The number of aryl methyl sites for hydroxylation is 3. The molecule has 116 valence electrons. The summed E-state index contributed by atoms with van der Waals surface area (Å²) in [5, 5.41) is 0. The van der Waals surface area contributed by atoms with Crippen molar-refractivity contribution in [2.24, 2.45) is 0 Å². The van der Waals surface area contributed by atoms with Crippen LogP contribution in [-0.4, -0.2) is 54.9 Å². The van der Waals surface area contributed by atoms with Crippen LogP contribution in [-0.2, 0) is 0 Å². The fourth-order valence-corrected chi connectivity index (χ4v) is 3.04. The molecule has 1 saturated heterocycles. The summed E-state index contributed by atoms with van der Waals surface area (Å²) in [7, 11) is 0. The minimum absolute atomic E-state index is 0.263. The molecule has 2 rings (SSSR count). The van der Waals surface area contributed by atoms with Crippen molar-refractivity contribution in [2.45, 2.75) is 34.1 Å². The molecule has 3 heteroatoms. The summed E-state index contributed by atoms with van der Waals surface area (Å²) >= 11 is 0. The topological polar surface area (TPSA) is 23.6 Å². The fourth-order valence-electron chi connectivity index (χ4n) is 3.04. The molecule has 0 aliphatic carbocycles. The second-order valence-electron chi connectivity index (χ2n) is 6.29. The van der Waals surface area contributed by atoms with Gasteiger partial charge in [-0.3, -0.25) is 9.69 Å². The maximum absolute atomic E-state index is 12.5. The van der Waals surface area contributed by atoms with Gasteiger partial charge in [0.15, 0.2) is 5.78 Å². The highest BCUT2D eigenvalue weighted by atomic mass is 16.1. The van der Waals surface area contributed by atoms with Crippen molar-refractivity contribution in [3.8, 4) is 0 Å². The molecule has 1 aliphatic heterocycles. The number of ketones is 1. The summed E-state index contributed by atoms with van der Waals surface area (Å²) in [5.74, 6) is 0.263. The van der Waals surface area contributed by atoms with Crippen molar-refractivity contribution in [3.63, 3.8) is 0 Å². The van der Waals surface area contributed by atoms with Gasteiger partial charge in [0.2, 0.25) is 0 Å². The normalized spacial score (nSPS) is 17.1. The number of hydrogen-bond acceptors (Lipinski definition) is 3. The Morgan fingerprint density at radius 2 is 1.52 bits per heavy atom. The van der Waals surface area contributed by atoms with E-state index in [4.69, 9.17) is 0 Å². The fraction of sp³-hybridized carbons (Fsp3) is 0.611. The zero-order chi connectivity index (χ0) is 15.4. The first-order valence-corrected chi connectivity index (χ1v) is 8.07. The molecular weight excluding hydrogens is 260 g/mol. The molecule has 1 aromatic rings. The monoisotopic (exact) mass is 288 g/mol. The minimum Gasteiger partial charge on any atom is -0.301 e. The van der Waals surface area contributed by atoms with Crippen LogP contribution >= 0.6 is 0 Å². The van der Waals surface area contributed by atoms with E-state index >= 15 is 0 Å². The van der Waals surface area contributed by atoms with Gasteiger partial charge in [0.05, 0.1) is 6.54 Å². The summed E-state index contributed by atoms with van der Waals surface area (Å²) in [6.45, 7) is 14.4. The molecule has 0 unspecified atom stereocenters. The Kier molecular flexibility index (Phi) is 5.54. The number of rotatable bonds is 5. The highest BCUT2D eigenvalue weighted by molar-refractivity contribution is 5.99. The van der Waals surface area contributed by atoms with Gasteiger partial charge in [-0.05, 0) is 56.5 Å². The van der Waals surface area contributed by atoms with Gasteiger partial charge in [-0.15, -0.1) is 0 Å². The van der Waals surface area contributed by atoms with Crippen LogP contribution in [0.1, 0.15) is 40.4 Å². The average Bonchev–Trinajstić information content (AvgIpc) is 2.45. The first-order chi connectivity index (χ1) is 10.0. The number of piperazine rings is 1. The van der Waals surface area contributed by atoms with Gasteiger partial charge in [0.1, 0.15) is 0 Å². The van der Waals surface area contributed by atoms with Gasteiger partial charge in [0, 0.05) is 31.7 Å². The maximum atomic E-state index is 12.5. The third-order valence-electron chi connectivity index (χ3n) is 4.51. The van der Waals surface area contributed by atoms with Crippen LogP contribution in [0.5, 0.6) is 0 Å². The third-order valence-corrected chi connectivity index (χ3v) is 4.51. The second-order valence-corrected chi connectivity index (χ2v) is 6.29. The van der Waals surface area contributed by atoms with E-state index < -0.39 is 0 Å². The van der Waals surface area contributed by atoms with E-state index in [1.807, 2.05) is 6.92 Å². The lowest BCUT2D eigenvalue weighted by molar-refractivity contribution is 0.0852. The standard InChI is InChI=1S/C18H28N2O/c1-5-6-19-7-9-20(10-8-19)13-18(21)17-12-15(3)14(2)11-16(17)4/h11-12H,5-10,13H2,1-4H3. The molecule has 1 fully saturated rings. The van der Waals surface area contributed by atoms with Crippen molar-refractivity contribution in [1.82, 2.24) is 9.80 Å². The summed E-state index contributed by atoms with van der Waals surface area (Å²) < 4.78 is 0. The molecule has 21 heavy (non-hydrogen) atoms. The smallest absolute Gasteiger partial charge is 0.177 e. The summed E-state index contributed by atoms with van der Waals surface area (Å²) in [6, 6.07) is 4.18. The van der Waals surface area contributed by atoms with Crippen LogP contribution in [0.15, 0.2) is 12.1 Å². The molecule has 0 radical (unpaired) electrons. The quantitative estimate of drug-likeness (QED) is 0.778. The zero-order valence-electron chi connectivity index (χ0n) is 13.9. The molecule has 0 N–H and O–H groups in total. The lowest BCUT2D eigenvalue weighted by Crippen LogP contribution is -2.48. The highest BCUT2D eigenvalue weighted by Crippen LogP contribution is 2.16. The highest BCUT2D eigenvalue weighted by Gasteiger charge is 2.20. The molecule has 0 amide bonds. The van der Waals surface area contributed by atoms with Crippen molar-refractivity contribution in [3.05, 3.63) is 34.4 Å². The Labute approximate surface area is 128 Å². The molecule has 3 nitrogen and oxygen atoms in total. The SMILES string of the molecule is CCCN1CCN(CC(=O)c2cc(C)c(C)cc2C)CC1. The summed E-state index contributed by atoms with van der Waals surface area (Å²) in [6.07, 6.45) is 1.21. The predicted octanol–water partition coefficient (Wildman–Crippen LogP) is 2.82. The van der Waals surface area contributed by atoms with Crippen LogP contribution < -0.4 is 0 Å². The summed E-state index contributed by atoms with van der Waals surface area (Å²) in [5.41, 5.74) is 4.47. The number of benzene rings is 1. The van der Waals surface area contributed by atoms with E-state index in [0.29, 0.717) is 6.54 Å². The van der Waals surface area contributed by atoms with E-state index in [9.17, 15) is 4.79 Å². The number of Topliss-reactive ketones (excluding diaryl/α,β-unsaturated/α-hetero) is 1. The Morgan fingerprint density at radius 3 is 2.14 bits per heavy atom. The Hall–Kier alpha value is -1.19. The van der Waals surface area contributed by atoms with Gasteiger partial charge >= 0.3 is 0 Å². The lowest BCUT2D eigenvalue weighted by Gasteiger charge is -2.34. The Morgan fingerprint density at radius 1 is 0.952 bits per heavy atom. The van der Waals surface area contributed by atoms with Gasteiger partial charge in [-0.1, -0.05) is 13.0 Å². The second kappa shape index (κ2) is 7.19. The van der Waals surface area contributed by atoms with Crippen LogP contribution in [0.2, 0.25) is 0 Å². The number of nitrogens with zero attached hydrogens (tertiary/aromatic N) is 2. The Balaban J connectivity index is 1.95. The molecule has 1 heterocycles. The van der Waals surface area contributed by atoms with Crippen LogP contribution in [0, 0.1) is 20.8 Å². The number of carbonyl (C=O) groups excluding carboxylic acids is 1. The minimum atomic E-state index is 0.263. The van der Waals surface area contributed by atoms with Crippen molar-refractivity contribution < 1.29 is 4.79 Å². The van der Waals surface area contributed by atoms with E-state index in [-0.39, 0.29) is 5.78 Å². The zero-order valence-corrected chi connectivity index (χ0v) is 13.9. The molecule has 0 spiro atoms. The first kappa shape index (κ1) is 16.2. The number of carbonyl (C=O) groups is 1. The van der Waals surface area contributed by atoms with Gasteiger partial charge < -0.3 is 4.90 Å². The van der Waals surface area contributed by atoms with Crippen LogP contribution in [0.4, 0.5) is 0 Å². The molecule has 1 aliphatic rings. The van der Waals surface area contributed by atoms with E-state index in [1.165, 1.54) is 24.1 Å². The molecule has 1 aromatic carbocycles. The average molecular weight is 288 g/mol.